The van der Waals surface area contributed by atoms with Crippen LogP contribution in [-0.2, 0) is 28.9 Å². The lowest BCUT2D eigenvalue weighted by molar-refractivity contribution is -0.155. The largest absolute Gasteiger partial charge is 0.461 e. The van der Waals surface area contributed by atoms with Crippen molar-refractivity contribution in [1.82, 2.24) is 15.3 Å². The average molecular weight is 527 g/mol. The number of carbonyl (C=O) groups excluding carboxylic acids is 1. The maximum Gasteiger partial charge on any atom is 0.326 e. The lowest BCUT2D eigenvalue weighted by atomic mass is 10.0. The molecule has 0 radical (unpaired) electrons. The molecule has 0 bridgehead atoms. The fourth-order valence-corrected chi connectivity index (χ4v) is 4.90. The molecular weight excluding hydrogens is 495 g/mol. The Morgan fingerprint density at radius 3 is 2.53 bits per heavy atom. The fourth-order valence-electron chi connectivity index (χ4n) is 4.32. The van der Waals surface area contributed by atoms with Gasteiger partial charge in [-0.3, -0.25) is 10.1 Å². The molecule has 3 aromatic rings. The number of ether oxygens (including phenoxy) is 1. The van der Waals surface area contributed by atoms with Crippen LogP contribution in [0.25, 0.3) is 11.3 Å². The number of nitrogens with zero attached hydrogens (tertiary/aromatic N) is 2. The van der Waals surface area contributed by atoms with E-state index in [4.69, 9.17) is 38.7 Å². The molecule has 4 rings (SSSR count). The summed E-state index contributed by atoms with van der Waals surface area (Å²) >= 11 is 12.6. The van der Waals surface area contributed by atoms with Crippen LogP contribution in [0.3, 0.4) is 0 Å². The highest BCUT2D eigenvalue weighted by molar-refractivity contribution is 6.36. The van der Waals surface area contributed by atoms with E-state index >= 15 is 0 Å². The molecule has 1 aromatic heterocycles. The summed E-state index contributed by atoms with van der Waals surface area (Å²) in [4.78, 5) is 21.8. The minimum absolute atomic E-state index is 0.0501. The molecule has 0 aliphatic heterocycles. The number of rotatable bonds is 9. The van der Waals surface area contributed by atoms with Crippen LogP contribution in [0.4, 0.5) is 5.82 Å². The van der Waals surface area contributed by atoms with Crippen LogP contribution in [0, 0.1) is 0 Å². The summed E-state index contributed by atoms with van der Waals surface area (Å²) in [6.07, 6.45) is 7.07. The van der Waals surface area contributed by atoms with E-state index in [1.165, 1.54) is 0 Å². The molecule has 1 saturated carbocycles. The summed E-state index contributed by atoms with van der Waals surface area (Å²) in [6.45, 7) is 4.23. The number of nitrogen functional groups attached to an aromatic ring is 1. The minimum atomic E-state index is -0.785. The van der Waals surface area contributed by atoms with E-state index in [1.54, 1.807) is 6.20 Å². The molecule has 1 aliphatic carbocycles. The van der Waals surface area contributed by atoms with E-state index < -0.39 is 5.54 Å². The Labute approximate surface area is 222 Å². The molecule has 8 heteroatoms. The van der Waals surface area contributed by atoms with E-state index in [1.807, 2.05) is 56.3 Å². The minimum Gasteiger partial charge on any atom is -0.461 e. The molecule has 0 atom stereocenters. The molecule has 190 valence electrons. The number of benzene rings is 2. The van der Waals surface area contributed by atoms with Crippen LogP contribution >= 0.6 is 23.2 Å². The van der Waals surface area contributed by atoms with Gasteiger partial charge in [-0.1, -0.05) is 47.5 Å². The molecule has 0 amide bonds. The number of hydrogen-bond acceptors (Lipinski definition) is 6. The lowest BCUT2D eigenvalue weighted by Gasteiger charge is -2.26. The third-order valence-corrected chi connectivity index (χ3v) is 7.30. The van der Waals surface area contributed by atoms with Crippen LogP contribution in [0.1, 0.15) is 56.4 Å². The third-order valence-electron chi connectivity index (χ3n) is 6.59. The summed E-state index contributed by atoms with van der Waals surface area (Å²) in [7, 11) is 0. The van der Waals surface area contributed by atoms with Gasteiger partial charge in [0.2, 0.25) is 0 Å². The first-order valence-electron chi connectivity index (χ1n) is 12.3. The Kier molecular flexibility index (Phi) is 8.50. The van der Waals surface area contributed by atoms with Gasteiger partial charge in [-0.05, 0) is 81.7 Å². The van der Waals surface area contributed by atoms with Crippen molar-refractivity contribution in [1.29, 1.82) is 0 Å². The predicted octanol–water partition coefficient (Wildman–Crippen LogP) is 6.17. The number of nitrogens with one attached hydrogen (secondary N) is 1. The van der Waals surface area contributed by atoms with Crippen molar-refractivity contribution >= 4 is 35.0 Å². The van der Waals surface area contributed by atoms with Gasteiger partial charge in [0.15, 0.2) is 0 Å². The van der Waals surface area contributed by atoms with Crippen LogP contribution in [0.2, 0.25) is 10.0 Å². The van der Waals surface area contributed by atoms with Gasteiger partial charge in [0.05, 0.1) is 17.6 Å². The van der Waals surface area contributed by atoms with Crippen LogP contribution in [0.5, 0.6) is 0 Å². The van der Waals surface area contributed by atoms with Gasteiger partial charge in [0, 0.05) is 22.2 Å². The highest BCUT2D eigenvalue weighted by Crippen LogP contribution is 2.27. The Bertz CT molecular complexity index is 1210. The van der Waals surface area contributed by atoms with Gasteiger partial charge < -0.3 is 10.5 Å². The fraction of sp³-hybridized carbons (Fsp3) is 0.393. The highest BCUT2D eigenvalue weighted by atomic mass is 35.5. The zero-order valence-electron chi connectivity index (χ0n) is 20.7. The first kappa shape index (κ1) is 26.4. The Morgan fingerprint density at radius 2 is 1.81 bits per heavy atom. The Balaban J connectivity index is 1.43. The number of hydrogen-bond donors (Lipinski definition) is 2. The van der Waals surface area contributed by atoms with Gasteiger partial charge >= 0.3 is 5.97 Å². The van der Waals surface area contributed by atoms with Crippen molar-refractivity contribution in [3.05, 3.63) is 75.5 Å². The number of anilines is 1. The number of halogens is 2. The molecule has 3 N–H and O–H groups in total. The third kappa shape index (κ3) is 6.55. The molecule has 1 fully saturated rings. The van der Waals surface area contributed by atoms with Crippen LogP contribution in [-0.4, -0.2) is 27.6 Å². The van der Waals surface area contributed by atoms with Crippen molar-refractivity contribution < 1.29 is 9.53 Å². The van der Waals surface area contributed by atoms with Gasteiger partial charge in [-0.15, -0.1) is 0 Å². The van der Waals surface area contributed by atoms with Crippen molar-refractivity contribution in [2.24, 2.45) is 0 Å². The quantitative estimate of drug-likeness (QED) is 0.324. The lowest BCUT2D eigenvalue weighted by Crippen LogP contribution is -2.48. The Morgan fingerprint density at radius 1 is 1.11 bits per heavy atom. The van der Waals surface area contributed by atoms with Crippen molar-refractivity contribution in [3.63, 3.8) is 0 Å². The monoisotopic (exact) mass is 526 g/mol. The predicted molar refractivity (Wildman–Crippen MR) is 145 cm³/mol. The smallest absolute Gasteiger partial charge is 0.326 e. The van der Waals surface area contributed by atoms with Crippen molar-refractivity contribution in [3.8, 4) is 11.3 Å². The number of carbonyl (C=O) groups is 1. The molecule has 1 heterocycles. The molecule has 36 heavy (non-hydrogen) atoms. The summed E-state index contributed by atoms with van der Waals surface area (Å²) in [6, 6.07) is 13.5. The molecule has 0 saturated heterocycles. The van der Waals surface area contributed by atoms with Gasteiger partial charge in [0.1, 0.15) is 17.5 Å². The number of esters is 1. The molecule has 2 aromatic carbocycles. The summed E-state index contributed by atoms with van der Waals surface area (Å²) in [5, 5.41) is 4.59. The van der Waals surface area contributed by atoms with E-state index in [9.17, 15) is 4.79 Å². The molecule has 0 unspecified atom stereocenters. The second kappa shape index (κ2) is 11.6. The summed E-state index contributed by atoms with van der Waals surface area (Å²) < 4.78 is 5.70. The Hall–Kier alpha value is -2.67. The van der Waals surface area contributed by atoms with Crippen molar-refractivity contribution in [2.45, 2.75) is 70.6 Å². The summed E-state index contributed by atoms with van der Waals surface area (Å²) in [5.74, 6) is 0.181. The van der Waals surface area contributed by atoms with E-state index in [0.29, 0.717) is 40.9 Å². The van der Waals surface area contributed by atoms with Gasteiger partial charge in [-0.2, -0.15) is 0 Å². The zero-order chi connectivity index (χ0) is 25.7. The molecule has 6 nitrogen and oxygen atoms in total. The number of aromatic nitrogens is 2. The summed E-state index contributed by atoms with van der Waals surface area (Å²) in [5.41, 5.74) is 9.58. The maximum absolute atomic E-state index is 12.7. The van der Waals surface area contributed by atoms with Crippen molar-refractivity contribution in [2.75, 3.05) is 5.73 Å². The molecule has 0 spiro atoms. The number of aryl methyl sites for hydroxylation is 1. The van der Waals surface area contributed by atoms with Gasteiger partial charge in [-0.25, -0.2) is 9.97 Å². The second-order valence-corrected chi connectivity index (χ2v) is 10.6. The normalized spacial score (nSPS) is 14.2. The second-order valence-electron chi connectivity index (χ2n) is 9.78. The zero-order valence-corrected chi connectivity index (χ0v) is 22.2. The van der Waals surface area contributed by atoms with Crippen LogP contribution < -0.4 is 11.1 Å². The molecule has 1 aliphatic rings. The van der Waals surface area contributed by atoms with E-state index in [-0.39, 0.29) is 12.1 Å². The topological polar surface area (TPSA) is 90.1 Å². The first-order chi connectivity index (χ1) is 17.2. The number of nitrogens with two attached hydrogens (primary N) is 1. The SMILES string of the molecule is CC(C)(NCc1cccc(-c2cnc(N)c(CCc3c(Cl)cccc3Cl)n2)c1)C(=O)OC1CCCC1. The first-order valence-corrected chi connectivity index (χ1v) is 13.1. The standard InChI is InChI=1S/C28H32Cl2N4O2/c1-28(2,27(35)36-20-9-3-4-10-20)33-16-18-7-5-8-19(15-18)25-17-32-26(31)24(34-25)14-13-21-22(29)11-6-12-23(21)30/h5-8,11-12,15,17,20,33H,3-4,9-10,13-14,16H2,1-2H3,(H2,31,32). The average Bonchev–Trinajstić information content (AvgIpc) is 3.37. The van der Waals surface area contributed by atoms with Crippen LogP contribution in [0.15, 0.2) is 48.7 Å². The van der Waals surface area contributed by atoms with E-state index in [2.05, 4.69) is 10.3 Å². The van der Waals surface area contributed by atoms with E-state index in [0.717, 1.165) is 48.1 Å². The maximum atomic E-state index is 12.7. The van der Waals surface area contributed by atoms with Gasteiger partial charge in [0.25, 0.3) is 0 Å². The molecular formula is C28H32Cl2N4O2. The highest BCUT2D eigenvalue weighted by Gasteiger charge is 2.31.